The van der Waals surface area contributed by atoms with Crippen molar-refractivity contribution in [1.29, 1.82) is 0 Å². The van der Waals surface area contributed by atoms with Gasteiger partial charge >= 0.3 is 0 Å². The van der Waals surface area contributed by atoms with Crippen molar-refractivity contribution in [2.24, 2.45) is 0 Å². The van der Waals surface area contributed by atoms with Crippen LogP contribution in [0.1, 0.15) is 57.2 Å². The summed E-state index contributed by atoms with van der Waals surface area (Å²) in [6.45, 7) is 6.44. The number of aromatic hydroxyl groups is 1. The van der Waals surface area contributed by atoms with Crippen LogP contribution >= 0.6 is 0 Å². The Kier molecular flexibility index (Phi) is 4.60. The molecule has 0 aliphatic heterocycles. The summed E-state index contributed by atoms with van der Waals surface area (Å²) < 4.78 is 0. The number of aryl methyl sites for hydroxylation is 1. The molecule has 0 aromatic carbocycles. The number of nitrogens with zero attached hydrogens (tertiary/aromatic N) is 1. The highest BCUT2D eigenvalue weighted by molar-refractivity contribution is 5.31. The van der Waals surface area contributed by atoms with Gasteiger partial charge in [0, 0.05) is 6.20 Å². The number of unbranched alkanes of at least 4 members (excludes halogenated alkanes) is 1. The fourth-order valence-corrected chi connectivity index (χ4v) is 1.54. The van der Waals surface area contributed by atoms with Crippen LogP contribution in [0.4, 0.5) is 0 Å². The van der Waals surface area contributed by atoms with E-state index in [1.165, 1.54) is 0 Å². The molecule has 0 aliphatic rings. The number of hydrogen-bond donors (Lipinski definition) is 1. The van der Waals surface area contributed by atoms with Gasteiger partial charge in [0.2, 0.25) is 0 Å². The van der Waals surface area contributed by atoms with Crippen LogP contribution in [-0.2, 0) is 6.42 Å². The van der Waals surface area contributed by atoms with Crippen LogP contribution in [0.15, 0.2) is 12.3 Å². The molecule has 0 radical (unpaired) electrons. The summed E-state index contributed by atoms with van der Waals surface area (Å²) in [4.78, 5) is 4.33. The first-order chi connectivity index (χ1) is 7.19. The van der Waals surface area contributed by atoms with Crippen molar-refractivity contribution in [3.63, 3.8) is 0 Å². The summed E-state index contributed by atoms with van der Waals surface area (Å²) in [7, 11) is 0. The van der Waals surface area contributed by atoms with Crippen molar-refractivity contribution in [2.75, 3.05) is 0 Å². The fourth-order valence-electron chi connectivity index (χ4n) is 1.54. The maximum Gasteiger partial charge on any atom is 0.137 e. The van der Waals surface area contributed by atoms with Crippen molar-refractivity contribution in [3.8, 4) is 5.75 Å². The molecule has 1 aromatic heterocycles. The molecule has 84 valence electrons. The average molecular weight is 207 g/mol. The molecular weight excluding hydrogens is 186 g/mol. The number of hydrogen-bond acceptors (Lipinski definition) is 2. The van der Waals surface area contributed by atoms with E-state index in [1.54, 1.807) is 0 Å². The Bertz CT molecular complexity index is 309. The minimum atomic E-state index is 0.362. The Morgan fingerprint density at radius 1 is 1.40 bits per heavy atom. The lowest BCUT2D eigenvalue weighted by Gasteiger charge is -2.10. The average Bonchev–Trinajstić information content (AvgIpc) is 2.26. The highest BCUT2D eigenvalue weighted by atomic mass is 16.3. The minimum Gasteiger partial charge on any atom is -0.506 e. The van der Waals surface area contributed by atoms with Crippen molar-refractivity contribution < 1.29 is 5.11 Å². The number of rotatable bonds is 5. The number of aromatic nitrogens is 1. The third-order valence-corrected chi connectivity index (χ3v) is 2.92. The summed E-state index contributed by atoms with van der Waals surface area (Å²) in [6.07, 6.45) is 6.08. The second-order valence-corrected chi connectivity index (χ2v) is 4.15. The monoisotopic (exact) mass is 207 g/mol. The van der Waals surface area contributed by atoms with Crippen molar-refractivity contribution >= 4 is 0 Å². The topological polar surface area (TPSA) is 33.1 Å². The first kappa shape index (κ1) is 12.0. The molecule has 2 heteroatoms. The van der Waals surface area contributed by atoms with Crippen molar-refractivity contribution in [1.82, 2.24) is 4.98 Å². The molecule has 2 nitrogen and oxygen atoms in total. The molecular formula is C13H21NO. The third kappa shape index (κ3) is 3.22. The summed E-state index contributed by atoms with van der Waals surface area (Å²) in [6, 6.07) is 1.87. The zero-order chi connectivity index (χ0) is 11.3. The van der Waals surface area contributed by atoms with E-state index in [9.17, 15) is 5.11 Å². The van der Waals surface area contributed by atoms with E-state index in [0.717, 1.165) is 36.9 Å². The summed E-state index contributed by atoms with van der Waals surface area (Å²) in [5.74, 6) is 0.838. The molecule has 1 N–H and O–H groups in total. The molecule has 0 fully saturated rings. The van der Waals surface area contributed by atoms with E-state index in [2.05, 4.69) is 25.8 Å². The van der Waals surface area contributed by atoms with Gasteiger partial charge < -0.3 is 5.11 Å². The highest BCUT2D eigenvalue weighted by Crippen LogP contribution is 2.24. The number of pyridine rings is 1. The molecule has 1 rings (SSSR count). The Morgan fingerprint density at radius 2 is 2.13 bits per heavy atom. The van der Waals surface area contributed by atoms with Crippen LogP contribution in [0, 0.1) is 0 Å². The zero-order valence-electron chi connectivity index (χ0n) is 9.95. The molecule has 0 saturated carbocycles. The molecule has 0 amide bonds. The molecule has 15 heavy (non-hydrogen) atoms. The first-order valence-electron chi connectivity index (χ1n) is 5.86. The second kappa shape index (κ2) is 5.74. The van der Waals surface area contributed by atoms with Crippen LogP contribution in [0.2, 0.25) is 0 Å². The van der Waals surface area contributed by atoms with Gasteiger partial charge in [0.15, 0.2) is 0 Å². The second-order valence-electron chi connectivity index (χ2n) is 4.15. The lowest BCUT2D eigenvalue weighted by atomic mass is 9.99. The van der Waals surface area contributed by atoms with Crippen LogP contribution in [-0.4, -0.2) is 10.1 Å². The van der Waals surface area contributed by atoms with Gasteiger partial charge in [-0.2, -0.15) is 0 Å². The Hall–Kier alpha value is -1.05. The largest absolute Gasteiger partial charge is 0.506 e. The van der Waals surface area contributed by atoms with Gasteiger partial charge in [0.05, 0.1) is 5.69 Å². The van der Waals surface area contributed by atoms with E-state index in [-0.39, 0.29) is 0 Å². The van der Waals surface area contributed by atoms with E-state index in [4.69, 9.17) is 0 Å². The Labute approximate surface area is 92.4 Å². The van der Waals surface area contributed by atoms with Gasteiger partial charge in [-0.25, -0.2) is 0 Å². The molecule has 1 unspecified atom stereocenters. The normalized spacial score (nSPS) is 12.7. The summed E-state index contributed by atoms with van der Waals surface area (Å²) in [5.41, 5.74) is 1.97. The zero-order valence-corrected chi connectivity index (χ0v) is 9.95. The minimum absolute atomic E-state index is 0.362. The van der Waals surface area contributed by atoms with Gasteiger partial charge in [-0.3, -0.25) is 4.98 Å². The predicted octanol–water partition coefficient (Wildman–Crippen LogP) is 3.64. The standard InChI is InChI=1S/C13H21NO/c1-4-6-7-12-13(15)8-11(9-14-12)10(3)5-2/h8-10,15H,4-7H2,1-3H3. The van der Waals surface area contributed by atoms with Gasteiger partial charge in [0.1, 0.15) is 5.75 Å². The van der Waals surface area contributed by atoms with Crippen LogP contribution in [0.5, 0.6) is 5.75 Å². The fraction of sp³-hybridized carbons (Fsp3) is 0.615. The molecule has 1 aromatic rings. The highest BCUT2D eigenvalue weighted by Gasteiger charge is 2.08. The van der Waals surface area contributed by atoms with Gasteiger partial charge in [-0.1, -0.05) is 27.2 Å². The first-order valence-corrected chi connectivity index (χ1v) is 5.86. The van der Waals surface area contributed by atoms with E-state index < -0.39 is 0 Å². The quantitative estimate of drug-likeness (QED) is 0.799. The maximum atomic E-state index is 9.80. The van der Waals surface area contributed by atoms with E-state index >= 15 is 0 Å². The molecule has 1 atom stereocenters. The van der Waals surface area contributed by atoms with E-state index in [1.807, 2.05) is 12.3 Å². The molecule has 0 bridgehead atoms. The van der Waals surface area contributed by atoms with Crippen molar-refractivity contribution in [3.05, 3.63) is 23.5 Å². The van der Waals surface area contributed by atoms with Gasteiger partial charge in [-0.15, -0.1) is 0 Å². The Morgan fingerprint density at radius 3 is 2.67 bits per heavy atom. The maximum absolute atomic E-state index is 9.80. The van der Waals surface area contributed by atoms with Crippen LogP contribution < -0.4 is 0 Å². The van der Waals surface area contributed by atoms with Gasteiger partial charge in [-0.05, 0) is 36.8 Å². The lowest BCUT2D eigenvalue weighted by molar-refractivity contribution is 0.460. The molecule has 0 aliphatic carbocycles. The van der Waals surface area contributed by atoms with Crippen LogP contribution in [0.3, 0.4) is 0 Å². The van der Waals surface area contributed by atoms with Crippen LogP contribution in [0.25, 0.3) is 0 Å². The predicted molar refractivity (Wildman–Crippen MR) is 63.2 cm³/mol. The summed E-state index contributed by atoms with van der Waals surface area (Å²) in [5, 5.41) is 9.80. The summed E-state index contributed by atoms with van der Waals surface area (Å²) >= 11 is 0. The molecule has 0 spiro atoms. The SMILES string of the molecule is CCCCc1ncc(C(C)CC)cc1O. The molecule has 1 heterocycles. The lowest BCUT2D eigenvalue weighted by Crippen LogP contribution is -1.96. The molecule has 0 saturated heterocycles. The Balaban J connectivity index is 2.78. The smallest absolute Gasteiger partial charge is 0.137 e. The third-order valence-electron chi connectivity index (χ3n) is 2.92. The van der Waals surface area contributed by atoms with Crippen molar-refractivity contribution in [2.45, 2.75) is 52.4 Å². The van der Waals surface area contributed by atoms with Gasteiger partial charge in [0.25, 0.3) is 0 Å². The van der Waals surface area contributed by atoms with E-state index in [0.29, 0.717) is 11.7 Å².